The lowest BCUT2D eigenvalue weighted by Crippen LogP contribution is -2.36. The van der Waals surface area contributed by atoms with Crippen molar-refractivity contribution in [1.82, 2.24) is 5.32 Å². The van der Waals surface area contributed by atoms with Crippen molar-refractivity contribution in [1.29, 1.82) is 0 Å². The first-order valence-corrected chi connectivity index (χ1v) is 6.64. The van der Waals surface area contributed by atoms with E-state index in [1.807, 2.05) is 24.3 Å². The maximum absolute atomic E-state index is 11.7. The molecule has 4 nitrogen and oxygen atoms in total. The molecule has 1 aromatic carbocycles. The molecule has 4 N–H and O–H groups in total. The largest absolute Gasteiger partial charge is 0.335 e. The van der Waals surface area contributed by atoms with Crippen molar-refractivity contribution in [2.45, 2.75) is 38.1 Å². The van der Waals surface area contributed by atoms with Crippen LogP contribution in [0.1, 0.15) is 31.2 Å². The lowest BCUT2D eigenvalue weighted by atomic mass is 10.1. The Balaban J connectivity index is 1.82. The van der Waals surface area contributed by atoms with Crippen LogP contribution in [0.2, 0.25) is 0 Å². The minimum absolute atomic E-state index is 0.103. The number of hydrogen-bond acceptors (Lipinski definition) is 2. The molecule has 1 saturated carbocycles. The van der Waals surface area contributed by atoms with Crippen molar-refractivity contribution in [2.24, 2.45) is 5.73 Å². The fourth-order valence-electron chi connectivity index (χ4n) is 2.34. The van der Waals surface area contributed by atoms with Gasteiger partial charge in [-0.2, -0.15) is 0 Å². The van der Waals surface area contributed by atoms with E-state index < -0.39 is 0 Å². The normalized spacial score (nSPS) is 15.6. The third kappa shape index (κ3) is 3.74. The SMILES string of the molecule is NCCc1ccc(NC(=O)NC2CCCC2)cc1. The van der Waals surface area contributed by atoms with Crippen molar-refractivity contribution < 1.29 is 4.79 Å². The smallest absolute Gasteiger partial charge is 0.319 e. The minimum Gasteiger partial charge on any atom is -0.335 e. The second-order valence-corrected chi connectivity index (χ2v) is 4.82. The quantitative estimate of drug-likeness (QED) is 0.764. The molecule has 98 valence electrons. The molecule has 2 rings (SSSR count). The van der Waals surface area contributed by atoms with Crippen molar-refractivity contribution >= 4 is 11.7 Å². The van der Waals surface area contributed by atoms with Gasteiger partial charge in [-0.1, -0.05) is 25.0 Å². The standard InChI is InChI=1S/C14H21N3O/c15-10-9-11-5-7-13(8-6-11)17-14(18)16-12-3-1-2-4-12/h5-8,12H,1-4,9-10,15H2,(H2,16,17,18). The zero-order valence-electron chi connectivity index (χ0n) is 10.6. The number of carbonyl (C=O) groups is 1. The highest BCUT2D eigenvalue weighted by Crippen LogP contribution is 2.17. The van der Waals surface area contributed by atoms with E-state index in [-0.39, 0.29) is 6.03 Å². The maximum Gasteiger partial charge on any atom is 0.319 e. The van der Waals surface area contributed by atoms with Gasteiger partial charge in [0.05, 0.1) is 0 Å². The van der Waals surface area contributed by atoms with Crippen LogP contribution >= 0.6 is 0 Å². The number of nitrogens with one attached hydrogen (secondary N) is 2. The van der Waals surface area contributed by atoms with Gasteiger partial charge in [-0.25, -0.2) is 4.79 Å². The molecule has 4 heteroatoms. The number of urea groups is 1. The summed E-state index contributed by atoms with van der Waals surface area (Å²) >= 11 is 0. The molecule has 0 heterocycles. The summed E-state index contributed by atoms with van der Waals surface area (Å²) in [5.74, 6) is 0. The Morgan fingerprint density at radius 3 is 2.50 bits per heavy atom. The summed E-state index contributed by atoms with van der Waals surface area (Å²) in [5, 5.41) is 5.85. The molecule has 0 unspecified atom stereocenters. The first kappa shape index (κ1) is 12.9. The minimum atomic E-state index is -0.103. The molecule has 0 atom stereocenters. The monoisotopic (exact) mass is 247 g/mol. The predicted molar refractivity (Wildman–Crippen MR) is 73.6 cm³/mol. The van der Waals surface area contributed by atoms with Crippen LogP contribution in [0.25, 0.3) is 0 Å². The van der Waals surface area contributed by atoms with Gasteiger partial charge in [-0.3, -0.25) is 0 Å². The fraction of sp³-hybridized carbons (Fsp3) is 0.500. The highest BCUT2D eigenvalue weighted by molar-refractivity contribution is 5.89. The molecular formula is C14H21N3O. The van der Waals surface area contributed by atoms with Crippen molar-refractivity contribution in [3.8, 4) is 0 Å². The summed E-state index contributed by atoms with van der Waals surface area (Å²) in [7, 11) is 0. The second-order valence-electron chi connectivity index (χ2n) is 4.82. The van der Waals surface area contributed by atoms with E-state index in [2.05, 4.69) is 10.6 Å². The molecule has 0 aliphatic heterocycles. The number of hydrogen-bond donors (Lipinski definition) is 3. The fourth-order valence-corrected chi connectivity index (χ4v) is 2.34. The van der Waals surface area contributed by atoms with Crippen LogP contribution in [0.4, 0.5) is 10.5 Å². The molecule has 18 heavy (non-hydrogen) atoms. The van der Waals surface area contributed by atoms with Gasteiger partial charge in [0, 0.05) is 11.7 Å². The molecule has 0 aromatic heterocycles. The number of nitrogens with two attached hydrogens (primary N) is 1. The van der Waals surface area contributed by atoms with Gasteiger partial charge in [-0.05, 0) is 43.5 Å². The number of anilines is 1. The summed E-state index contributed by atoms with van der Waals surface area (Å²) in [4.78, 5) is 11.7. The van der Waals surface area contributed by atoms with Gasteiger partial charge in [-0.15, -0.1) is 0 Å². The van der Waals surface area contributed by atoms with E-state index in [1.165, 1.54) is 18.4 Å². The lowest BCUT2D eigenvalue weighted by molar-refractivity contribution is 0.248. The molecule has 1 aromatic rings. The number of benzene rings is 1. The van der Waals surface area contributed by atoms with E-state index in [4.69, 9.17) is 5.73 Å². The van der Waals surface area contributed by atoms with E-state index in [9.17, 15) is 4.79 Å². The van der Waals surface area contributed by atoms with Crippen LogP contribution in [-0.2, 0) is 6.42 Å². The third-order valence-electron chi connectivity index (χ3n) is 3.34. The van der Waals surface area contributed by atoms with Crippen molar-refractivity contribution in [2.75, 3.05) is 11.9 Å². The van der Waals surface area contributed by atoms with Gasteiger partial charge >= 0.3 is 6.03 Å². The van der Waals surface area contributed by atoms with Crippen LogP contribution < -0.4 is 16.4 Å². The summed E-state index contributed by atoms with van der Waals surface area (Å²) < 4.78 is 0. The Morgan fingerprint density at radius 2 is 1.89 bits per heavy atom. The van der Waals surface area contributed by atoms with E-state index in [0.29, 0.717) is 12.6 Å². The average Bonchev–Trinajstić information content (AvgIpc) is 2.84. The van der Waals surface area contributed by atoms with Crippen molar-refractivity contribution in [3.05, 3.63) is 29.8 Å². The highest BCUT2D eigenvalue weighted by Gasteiger charge is 2.16. The molecule has 2 amide bonds. The topological polar surface area (TPSA) is 67.1 Å². The van der Waals surface area contributed by atoms with Crippen LogP contribution in [0.15, 0.2) is 24.3 Å². The molecule has 0 radical (unpaired) electrons. The Hall–Kier alpha value is -1.55. The number of amides is 2. The van der Waals surface area contributed by atoms with Gasteiger partial charge in [0.1, 0.15) is 0 Å². The molecule has 1 aliphatic carbocycles. The molecule has 0 saturated heterocycles. The third-order valence-corrected chi connectivity index (χ3v) is 3.34. The van der Waals surface area contributed by atoms with Gasteiger partial charge in [0.25, 0.3) is 0 Å². The summed E-state index contributed by atoms with van der Waals surface area (Å²) in [6.45, 7) is 0.648. The molecule has 0 bridgehead atoms. The molecule has 0 spiro atoms. The first-order chi connectivity index (χ1) is 8.78. The average molecular weight is 247 g/mol. The Labute approximate surface area is 108 Å². The van der Waals surface area contributed by atoms with E-state index in [0.717, 1.165) is 24.9 Å². The van der Waals surface area contributed by atoms with E-state index in [1.54, 1.807) is 0 Å². The Kier molecular flexibility index (Phi) is 4.59. The van der Waals surface area contributed by atoms with Gasteiger partial charge < -0.3 is 16.4 Å². The Morgan fingerprint density at radius 1 is 1.22 bits per heavy atom. The molecule has 1 fully saturated rings. The highest BCUT2D eigenvalue weighted by atomic mass is 16.2. The second kappa shape index (κ2) is 6.40. The number of rotatable bonds is 4. The number of carbonyl (C=O) groups excluding carboxylic acids is 1. The summed E-state index contributed by atoms with van der Waals surface area (Å²) in [6, 6.07) is 8.07. The summed E-state index contributed by atoms with van der Waals surface area (Å²) in [5.41, 5.74) is 7.51. The summed E-state index contributed by atoms with van der Waals surface area (Å²) in [6.07, 6.45) is 5.51. The van der Waals surface area contributed by atoms with E-state index >= 15 is 0 Å². The molecule has 1 aliphatic rings. The lowest BCUT2D eigenvalue weighted by Gasteiger charge is -2.13. The Bertz CT molecular complexity index is 383. The maximum atomic E-state index is 11.7. The van der Waals surface area contributed by atoms with Crippen LogP contribution in [0.5, 0.6) is 0 Å². The van der Waals surface area contributed by atoms with Crippen LogP contribution in [-0.4, -0.2) is 18.6 Å². The van der Waals surface area contributed by atoms with Crippen LogP contribution in [0.3, 0.4) is 0 Å². The van der Waals surface area contributed by atoms with Gasteiger partial charge in [0.15, 0.2) is 0 Å². The zero-order chi connectivity index (χ0) is 12.8. The van der Waals surface area contributed by atoms with Gasteiger partial charge in [0.2, 0.25) is 0 Å². The van der Waals surface area contributed by atoms with Crippen molar-refractivity contribution in [3.63, 3.8) is 0 Å². The molecular weight excluding hydrogens is 226 g/mol. The first-order valence-electron chi connectivity index (χ1n) is 6.64. The predicted octanol–water partition coefficient (Wildman–Crippen LogP) is 2.25. The zero-order valence-corrected chi connectivity index (χ0v) is 10.6. The van der Waals surface area contributed by atoms with Crippen LogP contribution in [0, 0.1) is 0 Å².